The summed E-state index contributed by atoms with van der Waals surface area (Å²) < 4.78 is 0. The van der Waals surface area contributed by atoms with E-state index in [9.17, 15) is 9.59 Å². The van der Waals surface area contributed by atoms with Gasteiger partial charge in [0, 0.05) is 26.1 Å². The third kappa shape index (κ3) is 45.5. The van der Waals surface area contributed by atoms with E-state index in [1.807, 2.05) is 0 Å². The molecule has 0 saturated carbocycles. The molecule has 0 aromatic rings. The van der Waals surface area contributed by atoms with Gasteiger partial charge < -0.3 is 20.4 Å². The lowest BCUT2D eigenvalue weighted by atomic mass is 10.2. The highest BCUT2D eigenvalue weighted by Crippen LogP contribution is 1.98. The van der Waals surface area contributed by atoms with Crippen molar-refractivity contribution in [3.05, 3.63) is 0 Å². The van der Waals surface area contributed by atoms with Gasteiger partial charge in [0.1, 0.15) is 0 Å². The lowest BCUT2D eigenvalue weighted by molar-refractivity contribution is -0.139. The molecule has 0 bridgehead atoms. The van der Waals surface area contributed by atoms with Crippen LogP contribution in [-0.4, -0.2) is 45.6 Å². The third-order valence-electron chi connectivity index (χ3n) is 2.10. The van der Waals surface area contributed by atoms with Gasteiger partial charge >= 0.3 is 11.9 Å². The first-order chi connectivity index (χ1) is 9.95. The van der Waals surface area contributed by atoms with E-state index >= 15 is 0 Å². The molecule has 6 heteroatoms. The van der Waals surface area contributed by atoms with E-state index in [0.717, 1.165) is 25.7 Å². The SMILES string of the molecule is CCC.O=C(O)CCCCC(=O)O.OCCCCCCO. The predicted molar refractivity (Wildman–Crippen MR) is 82.3 cm³/mol. The Kier molecular flexibility index (Phi) is 28.3. The Morgan fingerprint density at radius 1 is 0.667 bits per heavy atom. The summed E-state index contributed by atoms with van der Waals surface area (Å²) in [5, 5.41) is 32.9. The molecule has 0 radical (unpaired) electrons. The van der Waals surface area contributed by atoms with Crippen molar-refractivity contribution in [2.24, 2.45) is 0 Å². The summed E-state index contributed by atoms with van der Waals surface area (Å²) in [6, 6.07) is 0. The van der Waals surface area contributed by atoms with Crippen molar-refractivity contribution < 1.29 is 30.0 Å². The van der Waals surface area contributed by atoms with Crippen LogP contribution >= 0.6 is 0 Å². The second-order valence-electron chi connectivity index (χ2n) is 4.56. The molecule has 0 unspecified atom stereocenters. The maximum absolute atomic E-state index is 9.90. The number of hydrogen-bond donors (Lipinski definition) is 4. The van der Waals surface area contributed by atoms with E-state index in [2.05, 4.69) is 13.8 Å². The highest BCUT2D eigenvalue weighted by atomic mass is 16.4. The van der Waals surface area contributed by atoms with Crippen molar-refractivity contribution in [2.75, 3.05) is 13.2 Å². The number of carboxylic acid groups (broad SMARTS) is 2. The minimum atomic E-state index is -0.870. The molecule has 0 aliphatic rings. The van der Waals surface area contributed by atoms with Crippen LogP contribution in [0.4, 0.5) is 0 Å². The number of rotatable bonds is 10. The minimum absolute atomic E-state index is 0.0628. The van der Waals surface area contributed by atoms with E-state index in [4.69, 9.17) is 20.4 Å². The Labute approximate surface area is 127 Å². The van der Waals surface area contributed by atoms with Crippen molar-refractivity contribution in [3.63, 3.8) is 0 Å². The number of hydrogen-bond acceptors (Lipinski definition) is 4. The number of aliphatic hydroxyl groups is 2. The molecule has 21 heavy (non-hydrogen) atoms. The maximum Gasteiger partial charge on any atom is 0.303 e. The number of aliphatic hydroxyl groups excluding tert-OH is 2. The summed E-state index contributed by atoms with van der Waals surface area (Å²) in [6.45, 7) is 4.82. The number of aliphatic carboxylic acids is 2. The van der Waals surface area contributed by atoms with Gasteiger partial charge in [-0.3, -0.25) is 9.59 Å². The standard InChI is InChI=1S/C6H10O4.C6H14O2.C3H8/c7-5(8)3-1-2-4-6(9)10;7-5-3-1-2-4-6-8;1-3-2/h1-4H2,(H,7,8)(H,9,10);7-8H,1-6H2;3H2,1-2H3. The zero-order chi connectivity index (χ0) is 16.9. The summed E-state index contributed by atoms with van der Waals surface area (Å²) in [5.74, 6) is -1.74. The summed E-state index contributed by atoms with van der Waals surface area (Å²) in [4.78, 5) is 19.8. The lowest BCUT2D eigenvalue weighted by Crippen LogP contribution is -1.97. The highest BCUT2D eigenvalue weighted by Gasteiger charge is 1.99. The van der Waals surface area contributed by atoms with Crippen LogP contribution in [-0.2, 0) is 9.59 Å². The largest absolute Gasteiger partial charge is 0.481 e. The molecule has 0 aliphatic heterocycles. The maximum atomic E-state index is 9.90. The van der Waals surface area contributed by atoms with E-state index in [1.54, 1.807) is 0 Å². The van der Waals surface area contributed by atoms with E-state index in [-0.39, 0.29) is 26.1 Å². The second-order valence-corrected chi connectivity index (χ2v) is 4.56. The average Bonchev–Trinajstić information content (AvgIpc) is 2.41. The molecule has 0 aromatic carbocycles. The molecule has 0 aromatic heterocycles. The van der Waals surface area contributed by atoms with Gasteiger partial charge in [0.25, 0.3) is 0 Å². The van der Waals surface area contributed by atoms with Gasteiger partial charge in [-0.2, -0.15) is 0 Å². The number of carbonyl (C=O) groups is 2. The van der Waals surface area contributed by atoms with E-state index in [1.165, 1.54) is 6.42 Å². The molecular formula is C15H32O6. The Balaban J connectivity index is -0.000000264. The molecule has 0 heterocycles. The zero-order valence-corrected chi connectivity index (χ0v) is 13.4. The minimum Gasteiger partial charge on any atom is -0.481 e. The molecule has 4 N–H and O–H groups in total. The zero-order valence-electron chi connectivity index (χ0n) is 13.4. The first-order valence-electron chi connectivity index (χ1n) is 7.61. The van der Waals surface area contributed by atoms with Gasteiger partial charge in [-0.1, -0.05) is 33.1 Å². The van der Waals surface area contributed by atoms with E-state index < -0.39 is 11.9 Å². The second kappa shape index (κ2) is 23.9. The summed E-state index contributed by atoms with van der Waals surface area (Å²) in [6.07, 6.45) is 6.10. The van der Waals surface area contributed by atoms with Crippen molar-refractivity contribution in [1.29, 1.82) is 0 Å². The Morgan fingerprint density at radius 3 is 1.14 bits per heavy atom. The highest BCUT2D eigenvalue weighted by molar-refractivity contribution is 5.67. The van der Waals surface area contributed by atoms with Gasteiger partial charge in [0.2, 0.25) is 0 Å². The average molecular weight is 308 g/mol. The first-order valence-corrected chi connectivity index (χ1v) is 7.61. The fraction of sp³-hybridized carbons (Fsp3) is 0.867. The summed E-state index contributed by atoms with van der Waals surface area (Å²) in [7, 11) is 0. The smallest absolute Gasteiger partial charge is 0.303 e. The van der Waals surface area contributed by atoms with Crippen LogP contribution in [0.25, 0.3) is 0 Å². The fourth-order valence-electron chi connectivity index (χ4n) is 1.13. The van der Waals surface area contributed by atoms with Crippen LogP contribution < -0.4 is 0 Å². The van der Waals surface area contributed by atoms with Crippen LogP contribution in [0.2, 0.25) is 0 Å². The molecule has 0 atom stereocenters. The van der Waals surface area contributed by atoms with Crippen LogP contribution in [0.5, 0.6) is 0 Å². The van der Waals surface area contributed by atoms with Gasteiger partial charge in [0.15, 0.2) is 0 Å². The normalized spacial score (nSPS) is 8.95. The van der Waals surface area contributed by atoms with Crippen molar-refractivity contribution in [1.82, 2.24) is 0 Å². The third-order valence-corrected chi connectivity index (χ3v) is 2.10. The molecule has 0 saturated heterocycles. The van der Waals surface area contributed by atoms with Crippen molar-refractivity contribution >= 4 is 11.9 Å². The van der Waals surface area contributed by atoms with Crippen LogP contribution in [0.1, 0.15) is 71.6 Å². The predicted octanol–water partition coefficient (Wildman–Crippen LogP) is 2.66. The van der Waals surface area contributed by atoms with Crippen molar-refractivity contribution in [2.45, 2.75) is 71.6 Å². The Bertz CT molecular complexity index is 196. The van der Waals surface area contributed by atoms with Gasteiger partial charge in [0.05, 0.1) is 0 Å². The summed E-state index contributed by atoms with van der Waals surface area (Å²) in [5.41, 5.74) is 0. The number of carboxylic acids is 2. The van der Waals surface area contributed by atoms with Gasteiger partial charge in [-0.05, 0) is 25.7 Å². The molecule has 0 amide bonds. The Morgan fingerprint density at radius 2 is 0.952 bits per heavy atom. The summed E-state index contributed by atoms with van der Waals surface area (Å²) >= 11 is 0. The molecule has 0 rings (SSSR count). The monoisotopic (exact) mass is 308 g/mol. The van der Waals surface area contributed by atoms with E-state index in [0.29, 0.717) is 12.8 Å². The van der Waals surface area contributed by atoms with Crippen molar-refractivity contribution in [3.8, 4) is 0 Å². The topological polar surface area (TPSA) is 115 Å². The van der Waals surface area contributed by atoms with Gasteiger partial charge in [-0.15, -0.1) is 0 Å². The molecule has 0 spiro atoms. The molecule has 0 fully saturated rings. The Hall–Kier alpha value is -1.14. The molecular weight excluding hydrogens is 276 g/mol. The van der Waals surface area contributed by atoms with Crippen LogP contribution in [0.3, 0.4) is 0 Å². The van der Waals surface area contributed by atoms with Gasteiger partial charge in [-0.25, -0.2) is 0 Å². The van der Waals surface area contributed by atoms with Crippen LogP contribution in [0.15, 0.2) is 0 Å². The van der Waals surface area contributed by atoms with Crippen LogP contribution in [0, 0.1) is 0 Å². The molecule has 6 nitrogen and oxygen atoms in total. The fourth-order valence-corrected chi connectivity index (χ4v) is 1.13. The molecule has 0 aliphatic carbocycles. The quantitative estimate of drug-likeness (QED) is 0.461. The molecule has 128 valence electrons. The lowest BCUT2D eigenvalue weighted by Gasteiger charge is -1.93. The first kappa shape index (κ1) is 24.9. The number of unbranched alkanes of at least 4 members (excludes halogenated alkanes) is 4.